The lowest BCUT2D eigenvalue weighted by atomic mass is 10.1. The van der Waals surface area contributed by atoms with Crippen LogP contribution in [0.2, 0.25) is 5.02 Å². The molecule has 2 heterocycles. The van der Waals surface area contributed by atoms with Gasteiger partial charge in [-0.05, 0) is 24.3 Å². The minimum atomic E-state index is -0.310. The van der Waals surface area contributed by atoms with Crippen molar-refractivity contribution >= 4 is 28.8 Å². The Morgan fingerprint density at radius 1 is 1.10 bits per heavy atom. The van der Waals surface area contributed by atoms with Crippen LogP contribution in [0.3, 0.4) is 0 Å². The van der Waals surface area contributed by atoms with E-state index in [9.17, 15) is 13.6 Å². The molecule has 1 fully saturated rings. The molecular weight excluding hydrogens is 428 g/mol. The van der Waals surface area contributed by atoms with Crippen molar-refractivity contribution in [3.8, 4) is 10.6 Å². The quantitative estimate of drug-likeness (QED) is 0.572. The largest absolute Gasteiger partial charge is 0.340 e. The van der Waals surface area contributed by atoms with Gasteiger partial charge in [-0.15, -0.1) is 11.3 Å². The molecule has 2 aromatic carbocycles. The van der Waals surface area contributed by atoms with Gasteiger partial charge < -0.3 is 4.90 Å². The zero-order valence-electron chi connectivity index (χ0n) is 16.2. The molecule has 1 aliphatic heterocycles. The number of nitrogens with zero attached hydrogens (tertiary/aromatic N) is 3. The molecule has 0 radical (unpaired) electrons. The highest BCUT2D eigenvalue weighted by Crippen LogP contribution is 2.25. The van der Waals surface area contributed by atoms with E-state index in [1.54, 1.807) is 29.2 Å². The Labute approximate surface area is 182 Å². The summed E-state index contributed by atoms with van der Waals surface area (Å²) in [5.74, 6) is -0.608. The number of benzene rings is 2. The van der Waals surface area contributed by atoms with Gasteiger partial charge in [-0.2, -0.15) is 0 Å². The summed E-state index contributed by atoms with van der Waals surface area (Å²) < 4.78 is 27.4. The van der Waals surface area contributed by atoms with Crippen molar-refractivity contribution < 1.29 is 13.6 Å². The summed E-state index contributed by atoms with van der Waals surface area (Å²) >= 11 is 7.51. The van der Waals surface area contributed by atoms with Gasteiger partial charge in [-0.1, -0.05) is 29.8 Å². The van der Waals surface area contributed by atoms with Crippen LogP contribution < -0.4 is 0 Å². The maximum Gasteiger partial charge on any atom is 0.228 e. The fourth-order valence-electron chi connectivity index (χ4n) is 3.47. The molecule has 156 valence electrons. The molecule has 0 bridgehead atoms. The minimum absolute atomic E-state index is 0.00895. The van der Waals surface area contributed by atoms with Gasteiger partial charge in [0.2, 0.25) is 5.91 Å². The Balaban J connectivity index is 1.32. The molecule has 4 rings (SSSR count). The summed E-state index contributed by atoms with van der Waals surface area (Å²) in [7, 11) is 0. The SMILES string of the molecule is O=C(Cc1csc(-c2cccc(F)c2)n1)N1CCN(Cc2c(F)cccc2Cl)CC1. The van der Waals surface area contributed by atoms with Crippen LogP contribution in [0.4, 0.5) is 8.78 Å². The fourth-order valence-corrected chi connectivity index (χ4v) is 4.51. The van der Waals surface area contributed by atoms with Gasteiger partial charge in [-0.25, -0.2) is 13.8 Å². The zero-order valence-corrected chi connectivity index (χ0v) is 17.7. The summed E-state index contributed by atoms with van der Waals surface area (Å²) in [5.41, 5.74) is 1.88. The Morgan fingerprint density at radius 2 is 1.87 bits per heavy atom. The van der Waals surface area contributed by atoms with Gasteiger partial charge in [-0.3, -0.25) is 9.69 Å². The lowest BCUT2D eigenvalue weighted by molar-refractivity contribution is -0.132. The molecule has 0 spiro atoms. The monoisotopic (exact) mass is 447 g/mol. The molecule has 3 aromatic rings. The fraction of sp³-hybridized carbons (Fsp3) is 0.273. The van der Waals surface area contributed by atoms with Gasteiger partial charge in [0.15, 0.2) is 0 Å². The molecule has 0 N–H and O–H groups in total. The predicted molar refractivity (Wildman–Crippen MR) is 114 cm³/mol. The molecule has 0 unspecified atom stereocenters. The van der Waals surface area contributed by atoms with E-state index in [0.29, 0.717) is 59.6 Å². The maximum atomic E-state index is 14.0. The van der Waals surface area contributed by atoms with Crippen molar-refractivity contribution in [2.75, 3.05) is 26.2 Å². The van der Waals surface area contributed by atoms with E-state index in [1.165, 1.54) is 29.5 Å². The number of rotatable bonds is 5. The minimum Gasteiger partial charge on any atom is -0.340 e. The standard InChI is InChI=1S/C22H20ClF2N3OS/c23-19-5-2-6-20(25)18(19)13-27-7-9-28(10-8-27)21(29)12-17-14-30-22(26-17)15-3-1-4-16(24)11-15/h1-6,11,14H,7-10,12-13H2. The predicted octanol–water partition coefficient (Wildman–Crippen LogP) is 4.63. The van der Waals surface area contributed by atoms with E-state index in [4.69, 9.17) is 11.6 Å². The first-order valence-corrected chi connectivity index (χ1v) is 10.9. The van der Waals surface area contributed by atoms with E-state index in [-0.39, 0.29) is 24.0 Å². The van der Waals surface area contributed by atoms with Crippen LogP contribution in [-0.2, 0) is 17.8 Å². The molecule has 0 atom stereocenters. The molecule has 1 saturated heterocycles. The highest BCUT2D eigenvalue weighted by atomic mass is 35.5. The van der Waals surface area contributed by atoms with Crippen LogP contribution in [0.5, 0.6) is 0 Å². The number of piperazine rings is 1. The van der Waals surface area contributed by atoms with E-state index >= 15 is 0 Å². The van der Waals surface area contributed by atoms with Crippen LogP contribution in [0, 0.1) is 11.6 Å². The van der Waals surface area contributed by atoms with Gasteiger partial charge in [0, 0.05) is 54.3 Å². The van der Waals surface area contributed by atoms with Crippen LogP contribution in [-0.4, -0.2) is 46.9 Å². The second-order valence-electron chi connectivity index (χ2n) is 7.19. The Bertz CT molecular complexity index is 1030. The number of hydrogen-bond donors (Lipinski definition) is 0. The topological polar surface area (TPSA) is 36.4 Å². The number of aromatic nitrogens is 1. The second-order valence-corrected chi connectivity index (χ2v) is 8.45. The molecule has 0 saturated carbocycles. The molecule has 4 nitrogen and oxygen atoms in total. The Hall–Kier alpha value is -2.35. The van der Waals surface area contributed by atoms with Gasteiger partial charge in [0.1, 0.15) is 16.6 Å². The highest BCUT2D eigenvalue weighted by molar-refractivity contribution is 7.13. The number of hydrogen-bond acceptors (Lipinski definition) is 4. The van der Waals surface area contributed by atoms with E-state index < -0.39 is 0 Å². The highest BCUT2D eigenvalue weighted by Gasteiger charge is 2.23. The lowest BCUT2D eigenvalue weighted by Gasteiger charge is -2.35. The Morgan fingerprint density at radius 3 is 2.60 bits per heavy atom. The van der Waals surface area contributed by atoms with E-state index in [0.717, 1.165) is 0 Å². The van der Waals surface area contributed by atoms with E-state index in [1.807, 2.05) is 5.38 Å². The third kappa shape index (κ3) is 4.86. The molecule has 1 aliphatic rings. The van der Waals surface area contributed by atoms with Gasteiger partial charge in [0.05, 0.1) is 12.1 Å². The summed E-state index contributed by atoms with van der Waals surface area (Å²) in [6, 6.07) is 11.0. The van der Waals surface area contributed by atoms with Crippen molar-refractivity contribution in [3.05, 3.63) is 75.8 Å². The molecule has 1 amide bonds. The molecule has 1 aromatic heterocycles. The van der Waals surface area contributed by atoms with Crippen LogP contribution in [0.1, 0.15) is 11.3 Å². The smallest absolute Gasteiger partial charge is 0.228 e. The van der Waals surface area contributed by atoms with Gasteiger partial charge >= 0.3 is 0 Å². The summed E-state index contributed by atoms with van der Waals surface area (Å²) in [6.07, 6.45) is 0.213. The first-order valence-electron chi connectivity index (χ1n) is 9.63. The number of carbonyl (C=O) groups excluding carboxylic acids is 1. The lowest BCUT2D eigenvalue weighted by Crippen LogP contribution is -2.48. The summed E-state index contributed by atoms with van der Waals surface area (Å²) in [5, 5.41) is 2.96. The number of halogens is 3. The maximum absolute atomic E-state index is 14.0. The summed E-state index contributed by atoms with van der Waals surface area (Å²) in [6.45, 7) is 2.89. The van der Waals surface area contributed by atoms with Gasteiger partial charge in [0.25, 0.3) is 0 Å². The average Bonchev–Trinajstić information content (AvgIpc) is 3.20. The van der Waals surface area contributed by atoms with Crippen molar-refractivity contribution in [2.45, 2.75) is 13.0 Å². The normalized spacial score (nSPS) is 14.8. The number of thiazole rings is 1. The van der Waals surface area contributed by atoms with Crippen molar-refractivity contribution in [1.29, 1.82) is 0 Å². The summed E-state index contributed by atoms with van der Waals surface area (Å²) in [4.78, 5) is 21.1. The first-order chi connectivity index (χ1) is 14.5. The Kier molecular flexibility index (Phi) is 6.41. The first kappa shape index (κ1) is 20.9. The third-order valence-corrected chi connectivity index (χ3v) is 6.42. The molecule has 8 heteroatoms. The zero-order chi connectivity index (χ0) is 21.1. The van der Waals surface area contributed by atoms with E-state index in [2.05, 4.69) is 9.88 Å². The van der Waals surface area contributed by atoms with Crippen LogP contribution in [0.15, 0.2) is 47.8 Å². The second kappa shape index (κ2) is 9.20. The van der Waals surface area contributed by atoms with Crippen LogP contribution >= 0.6 is 22.9 Å². The number of amides is 1. The number of carbonyl (C=O) groups is 1. The third-order valence-electron chi connectivity index (χ3n) is 5.12. The van der Waals surface area contributed by atoms with Crippen molar-refractivity contribution in [2.24, 2.45) is 0 Å². The average molecular weight is 448 g/mol. The molecular formula is C22H20ClF2N3OS. The molecule has 0 aliphatic carbocycles. The van der Waals surface area contributed by atoms with Crippen molar-refractivity contribution in [3.63, 3.8) is 0 Å². The van der Waals surface area contributed by atoms with Crippen LogP contribution in [0.25, 0.3) is 10.6 Å². The van der Waals surface area contributed by atoms with Crippen molar-refractivity contribution in [1.82, 2.24) is 14.8 Å². The molecule has 30 heavy (non-hydrogen) atoms.